The van der Waals surface area contributed by atoms with Crippen LogP contribution in [-0.4, -0.2) is 24.3 Å². The fourth-order valence-corrected chi connectivity index (χ4v) is 3.41. The molecule has 1 aromatic rings. The average molecular weight is 290 g/mol. The molecule has 0 heterocycles. The van der Waals surface area contributed by atoms with Crippen LogP contribution in [0.3, 0.4) is 0 Å². The second-order valence-electron chi connectivity index (χ2n) is 6.10. The average Bonchev–Trinajstić information content (AvgIpc) is 2.93. The van der Waals surface area contributed by atoms with Crippen molar-refractivity contribution < 1.29 is 19.4 Å². The highest BCUT2D eigenvalue weighted by atomic mass is 16.5. The van der Waals surface area contributed by atoms with Gasteiger partial charge in [0.05, 0.1) is 18.6 Å². The normalized spacial score (nSPS) is 20.8. The first-order valence-electron chi connectivity index (χ1n) is 7.75. The lowest BCUT2D eigenvalue weighted by atomic mass is 9.78. The van der Waals surface area contributed by atoms with Gasteiger partial charge >= 0.3 is 5.97 Å². The van der Waals surface area contributed by atoms with Crippen molar-refractivity contribution in [3.05, 3.63) is 23.8 Å². The third-order valence-electron chi connectivity index (χ3n) is 4.92. The van der Waals surface area contributed by atoms with Crippen molar-refractivity contribution in [1.29, 1.82) is 0 Å². The van der Waals surface area contributed by atoms with Crippen molar-refractivity contribution in [2.75, 3.05) is 7.11 Å². The molecule has 4 nitrogen and oxygen atoms in total. The van der Waals surface area contributed by atoms with Crippen LogP contribution < -0.4 is 9.47 Å². The minimum Gasteiger partial charge on any atom is -0.493 e. The Hall–Kier alpha value is -1.71. The van der Waals surface area contributed by atoms with E-state index in [2.05, 4.69) is 0 Å². The molecule has 21 heavy (non-hydrogen) atoms. The second-order valence-corrected chi connectivity index (χ2v) is 6.10. The third-order valence-corrected chi connectivity index (χ3v) is 4.92. The van der Waals surface area contributed by atoms with Gasteiger partial charge in [0.1, 0.15) is 0 Å². The fraction of sp³-hybridized carbons (Fsp3) is 0.588. The molecule has 0 aliphatic heterocycles. The largest absolute Gasteiger partial charge is 0.493 e. The van der Waals surface area contributed by atoms with Crippen LogP contribution in [0.1, 0.15) is 50.5 Å². The Balaban J connectivity index is 2.05. The van der Waals surface area contributed by atoms with Crippen molar-refractivity contribution in [1.82, 2.24) is 0 Å². The summed E-state index contributed by atoms with van der Waals surface area (Å²) < 4.78 is 11.5. The SMILES string of the molecule is COc1cccc(C2(C(=O)O)CCCC2)c1OC1CCC1. The summed E-state index contributed by atoms with van der Waals surface area (Å²) in [6.45, 7) is 0. The molecule has 2 saturated carbocycles. The van der Waals surface area contributed by atoms with E-state index in [4.69, 9.17) is 9.47 Å². The predicted octanol–water partition coefficient (Wildman–Crippen LogP) is 3.52. The van der Waals surface area contributed by atoms with Gasteiger partial charge in [0.2, 0.25) is 0 Å². The van der Waals surface area contributed by atoms with E-state index in [-0.39, 0.29) is 6.10 Å². The van der Waals surface area contributed by atoms with Crippen molar-refractivity contribution in [2.45, 2.75) is 56.5 Å². The molecular formula is C17H22O4. The molecule has 0 saturated heterocycles. The van der Waals surface area contributed by atoms with Crippen LogP contribution in [0.15, 0.2) is 18.2 Å². The molecule has 0 radical (unpaired) electrons. The Labute approximate surface area is 125 Å². The monoisotopic (exact) mass is 290 g/mol. The maximum atomic E-state index is 11.9. The van der Waals surface area contributed by atoms with Crippen molar-refractivity contribution in [3.63, 3.8) is 0 Å². The minimum absolute atomic E-state index is 0.201. The van der Waals surface area contributed by atoms with Crippen LogP contribution in [0.25, 0.3) is 0 Å². The number of hydrogen-bond donors (Lipinski definition) is 1. The molecule has 2 fully saturated rings. The lowest BCUT2D eigenvalue weighted by molar-refractivity contribution is -0.143. The van der Waals surface area contributed by atoms with E-state index in [1.807, 2.05) is 18.2 Å². The molecule has 2 aliphatic rings. The molecule has 0 aromatic heterocycles. The summed E-state index contributed by atoms with van der Waals surface area (Å²) in [5.41, 5.74) is -0.0214. The van der Waals surface area contributed by atoms with Gasteiger partial charge in [-0.1, -0.05) is 25.0 Å². The van der Waals surface area contributed by atoms with Crippen LogP contribution in [0.5, 0.6) is 11.5 Å². The molecule has 0 spiro atoms. The van der Waals surface area contributed by atoms with Crippen LogP contribution in [0.2, 0.25) is 0 Å². The highest BCUT2D eigenvalue weighted by Gasteiger charge is 2.45. The number of methoxy groups -OCH3 is 1. The lowest BCUT2D eigenvalue weighted by Crippen LogP contribution is -2.34. The standard InChI is InChI=1S/C17H22O4/c1-20-14-9-5-8-13(15(14)21-12-6-4-7-12)17(16(18)19)10-2-3-11-17/h5,8-9,12H,2-4,6-7,10-11H2,1H3,(H,18,19). The number of ether oxygens (including phenoxy) is 2. The maximum Gasteiger partial charge on any atom is 0.314 e. The Morgan fingerprint density at radius 2 is 1.95 bits per heavy atom. The molecule has 0 atom stereocenters. The van der Waals surface area contributed by atoms with E-state index in [1.54, 1.807) is 7.11 Å². The van der Waals surface area contributed by atoms with Gasteiger partial charge in [-0.05, 0) is 38.2 Å². The zero-order chi connectivity index (χ0) is 14.9. The van der Waals surface area contributed by atoms with Gasteiger partial charge in [-0.3, -0.25) is 4.79 Å². The number of para-hydroxylation sites is 1. The second kappa shape index (κ2) is 5.58. The number of benzene rings is 1. The van der Waals surface area contributed by atoms with Crippen molar-refractivity contribution in [3.8, 4) is 11.5 Å². The molecule has 0 unspecified atom stereocenters. The van der Waals surface area contributed by atoms with E-state index < -0.39 is 11.4 Å². The first-order valence-corrected chi connectivity index (χ1v) is 7.75. The number of carboxylic acids is 1. The van der Waals surface area contributed by atoms with E-state index in [0.29, 0.717) is 24.3 Å². The fourth-order valence-electron chi connectivity index (χ4n) is 3.41. The Bertz CT molecular complexity index is 528. The van der Waals surface area contributed by atoms with E-state index in [0.717, 1.165) is 31.2 Å². The summed E-state index contributed by atoms with van der Waals surface area (Å²) in [6, 6.07) is 5.61. The molecule has 4 heteroatoms. The number of carbonyl (C=O) groups is 1. The topological polar surface area (TPSA) is 55.8 Å². The van der Waals surface area contributed by atoms with Crippen molar-refractivity contribution in [2.24, 2.45) is 0 Å². The van der Waals surface area contributed by atoms with Crippen LogP contribution in [-0.2, 0) is 10.2 Å². The molecule has 0 amide bonds. The first-order chi connectivity index (χ1) is 10.2. The van der Waals surface area contributed by atoms with Gasteiger partial charge in [-0.25, -0.2) is 0 Å². The van der Waals surface area contributed by atoms with E-state index in [1.165, 1.54) is 6.42 Å². The van der Waals surface area contributed by atoms with Gasteiger partial charge in [-0.2, -0.15) is 0 Å². The van der Waals surface area contributed by atoms with Gasteiger partial charge in [0.25, 0.3) is 0 Å². The predicted molar refractivity (Wildman–Crippen MR) is 79.0 cm³/mol. The molecular weight excluding hydrogens is 268 g/mol. The lowest BCUT2D eigenvalue weighted by Gasteiger charge is -2.32. The number of rotatable bonds is 5. The highest BCUT2D eigenvalue weighted by Crippen LogP contribution is 2.48. The number of aliphatic carboxylic acids is 1. The van der Waals surface area contributed by atoms with E-state index in [9.17, 15) is 9.90 Å². The van der Waals surface area contributed by atoms with E-state index >= 15 is 0 Å². The van der Waals surface area contributed by atoms with Gasteiger partial charge in [0, 0.05) is 5.56 Å². The zero-order valence-corrected chi connectivity index (χ0v) is 12.4. The summed E-state index contributed by atoms with van der Waals surface area (Å²) in [5, 5.41) is 9.81. The van der Waals surface area contributed by atoms with Crippen LogP contribution >= 0.6 is 0 Å². The summed E-state index contributed by atoms with van der Waals surface area (Å²) in [4.78, 5) is 11.9. The molecule has 1 aromatic carbocycles. The van der Waals surface area contributed by atoms with Gasteiger partial charge in [-0.15, -0.1) is 0 Å². The minimum atomic E-state index is -0.812. The third kappa shape index (κ3) is 2.37. The molecule has 0 bridgehead atoms. The highest BCUT2D eigenvalue weighted by molar-refractivity contribution is 5.83. The Morgan fingerprint density at radius 1 is 1.24 bits per heavy atom. The summed E-state index contributed by atoms with van der Waals surface area (Å²) in [7, 11) is 1.61. The first kappa shape index (κ1) is 14.2. The molecule has 114 valence electrons. The smallest absolute Gasteiger partial charge is 0.314 e. The van der Waals surface area contributed by atoms with Gasteiger partial charge in [0.15, 0.2) is 11.5 Å². The summed E-state index contributed by atoms with van der Waals surface area (Å²) >= 11 is 0. The zero-order valence-electron chi connectivity index (χ0n) is 12.4. The summed E-state index contributed by atoms with van der Waals surface area (Å²) in [5.74, 6) is 0.549. The number of carboxylic acid groups (broad SMARTS) is 1. The number of hydrogen-bond acceptors (Lipinski definition) is 3. The Kier molecular flexibility index (Phi) is 3.79. The Morgan fingerprint density at radius 3 is 2.48 bits per heavy atom. The maximum absolute atomic E-state index is 11.9. The van der Waals surface area contributed by atoms with Crippen molar-refractivity contribution >= 4 is 5.97 Å². The molecule has 3 rings (SSSR count). The van der Waals surface area contributed by atoms with Gasteiger partial charge < -0.3 is 14.6 Å². The summed E-state index contributed by atoms with van der Waals surface area (Å²) in [6.07, 6.45) is 6.72. The quantitative estimate of drug-likeness (QED) is 0.901. The molecule has 1 N–H and O–H groups in total. The van der Waals surface area contributed by atoms with Crippen LogP contribution in [0.4, 0.5) is 0 Å². The molecule has 2 aliphatic carbocycles. The van der Waals surface area contributed by atoms with Crippen LogP contribution in [0, 0.1) is 0 Å².